The molecular weight excluding hydrogens is 360 g/mol. The van der Waals surface area contributed by atoms with Crippen molar-refractivity contribution < 1.29 is 14.3 Å². The zero-order chi connectivity index (χ0) is 19.1. The Morgan fingerprint density at radius 1 is 1.19 bits per heavy atom. The minimum Gasteiger partial charge on any atom is -0.495 e. The number of para-hydroxylation sites is 1. The van der Waals surface area contributed by atoms with Crippen molar-refractivity contribution in [1.82, 2.24) is 4.57 Å². The van der Waals surface area contributed by atoms with E-state index in [1.54, 1.807) is 13.2 Å². The molecule has 0 bridgehead atoms. The molecule has 3 rings (SSSR count). The molecule has 0 aliphatic carbocycles. The summed E-state index contributed by atoms with van der Waals surface area (Å²) in [7, 11) is 1.64. The van der Waals surface area contributed by atoms with Crippen LogP contribution in [-0.2, 0) is 16.1 Å². The van der Waals surface area contributed by atoms with E-state index < -0.39 is 0 Å². The number of thiazole rings is 1. The Morgan fingerprint density at radius 2 is 2.00 bits per heavy atom. The number of benzene rings is 2. The Hall–Kier alpha value is -2.70. The molecule has 0 spiro atoms. The van der Waals surface area contributed by atoms with Crippen LogP contribution in [0.2, 0.25) is 0 Å². The Balaban J connectivity index is 1.98. The lowest BCUT2D eigenvalue weighted by molar-refractivity contribution is -0.113. The number of nitrogens with zero attached hydrogens (tertiary/aromatic N) is 2. The van der Waals surface area contributed by atoms with E-state index in [0.29, 0.717) is 24.6 Å². The van der Waals surface area contributed by atoms with Gasteiger partial charge in [0.2, 0.25) is 0 Å². The standard InChI is InChI=1S/C21H22N2O3S/c1-3-26-15-14-23-20-17(25-2)10-7-11-18(20)27-21(23)22-19(24)13-12-16-8-5-4-6-9-16/h4-13H,3,14-15H2,1-2H3/b13-12+,22-21?. The van der Waals surface area contributed by atoms with E-state index in [2.05, 4.69) is 4.99 Å². The summed E-state index contributed by atoms with van der Waals surface area (Å²) in [6.07, 6.45) is 3.26. The van der Waals surface area contributed by atoms with Gasteiger partial charge < -0.3 is 14.0 Å². The van der Waals surface area contributed by atoms with E-state index in [9.17, 15) is 4.79 Å². The molecule has 0 aliphatic heterocycles. The molecule has 140 valence electrons. The van der Waals surface area contributed by atoms with Crippen LogP contribution in [-0.4, -0.2) is 30.8 Å². The van der Waals surface area contributed by atoms with Gasteiger partial charge in [-0.2, -0.15) is 4.99 Å². The third-order valence-electron chi connectivity index (χ3n) is 3.97. The van der Waals surface area contributed by atoms with E-state index in [0.717, 1.165) is 21.5 Å². The van der Waals surface area contributed by atoms with Gasteiger partial charge in [0, 0.05) is 19.2 Å². The van der Waals surface area contributed by atoms with Gasteiger partial charge in [0.15, 0.2) is 4.80 Å². The highest BCUT2D eigenvalue weighted by Gasteiger charge is 2.11. The van der Waals surface area contributed by atoms with Gasteiger partial charge in [-0.25, -0.2) is 0 Å². The normalized spacial score (nSPS) is 12.1. The van der Waals surface area contributed by atoms with Gasteiger partial charge in [-0.1, -0.05) is 47.7 Å². The number of hydrogen-bond acceptors (Lipinski definition) is 4. The van der Waals surface area contributed by atoms with Crippen molar-refractivity contribution >= 4 is 33.5 Å². The average molecular weight is 382 g/mol. The highest BCUT2D eigenvalue weighted by atomic mass is 32.1. The highest BCUT2D eigenvalue weighted by Crippen LogP contribution is 2.27. The second kappa shape index (κ2) is 9.30. The van der Waals surface area contributed by atoms with Crippen LogP contribution in [0.5, 0.6) is 5.75 Å². The zero-order valence-corrected chi connectivity index (χ0v) is 16.2. The summed E-state index contributed by atoms with van der Waals surface area (Å²) in [5.41, 5.74) is 1.89. The van der Waals surface area contributed by atoms with Crippen molar-refractivity contribution in [1.29, 1.82) is 0 Å². The van der Waals surface area contributed by atoms with Gasteiger partial charge in [0.05, 0.1) is 18.4 Å². The third kappa shape index (κ3) is 4.72. The molecule has 27 heavy (non-hydrogen) atoms. The van der Waals surface area contributed by atoms with Crippen LogP contribution in [0.4, 0.5) is 0 Å². The van der Waals surface area contributed by atoms with Crippen molar-refractivity contribution in [2.75, 3.05) is 20.3 Å². The Morgan fingerprint density at radius 3 is 2.74 bits per heavy atom. The predicted octanol–water partition coefficient (Wildman–Crippen LogP) is 3.89. The SMILES string of the molecule is CCOCCn1c(=NC(=O)/C=C/c2ccccc2)sc2cccc(OC)c21. The first-order chi connectivity index (χ1) is 13.2. The summed E-state index contributed by atoms with van der Waals surface area (Å²) >= 11 is 1.47. The predicted molar refractivity (Wildman–Crippen MR) is 109 cm³/mol. The summed E-state index contributed by atoms with van der Waals surface area (Å²) < 4.78 is 14.0. The number of aromatic nitrogens is 1. The first-order valence-electron chi connectivity index (χ1n) is 8.79. The maximum Gasteiger partial charge on any atom is 0.272 e. The molecule has 0 fully saturated rings. The van der Waals surface area contributed by atoms with Crippen molar-refractivity contribution in [2.45, 2.75) is 13.5 Å². The van der Waals surface area contributed by atoms with Crippen LogP contribution in [0.3, 0.4) is 0 Å². The van der Waals surface area contributed by atoms with Crippen molar-refractivity contribution in [3.05, 3.63) is 65.0 Å². The molecule has 6 heteroatoms. The summed E-state index contributed by atoms with van der Waals surface area (Å²) in [6, 6.07) is 15.5. The summed E-state index contributed by atoms with van der Waals surface area (Å²) in [6.45, 7) is 3.75. The minimum atomic E-state index is -0.297. The van der Waals surface area contributed by atoms with Crippen molar-refractivity contribution in [3.63, 3.8) is 0 Å². The number of carbonyl (C=O) groups is 1. The molecule has 0 saturated heterocycles. The number of ether oxygens (including phenoxy) is 2. The van der Waals surface area contributed by atoms with Gasteiger partial charge in [0.1, 0.15) is 11.3 Å². The van der Waals surface area contributed by atoms with E-state index >= 15 is 0 Å². The number of carbonyl (C=O) groups excluding carboxylic acids is 1. The molecule has 0 radical (unpaired) electrons. The maximum atomic E-state index is 12.4. The number of hydrogen-bond donors (Lipinski definition) is 0. The van der Waals surface area contributed by atoms with Crippen LogP contribution in [0.15, 0.2) is 59.6 Å². The molecule has 1 aromatic heterocycles. The fourth-order valence-corrected chi connectivity index (χ4v) is 3.80. The van der Waals surface area contributed by atoms with Crippen LogP contribution in [0, 0.1) is 0 Å². The second-order valence-electron chi connectivity index (χ2n) is 5.73. The monoisotopic (exact) mass is 382 g/mol. The summed E-state index contributed by atoms with van der Waals surface area (Å²) in [4.78, 5) is 17.3. The largest absolute Gasteiger partial charge is 0.495 e. The van der Waals surface area contributed by atoms with Crippen LogP contribution in [0.1, 0.15) is 12.5 Å². The maximum absolute atomic E-state index is 12.4. The van der Waals surface area contributed by atoms with Crippen molar-refractivity contribution in [3.8, 4) is 5.75 Å². The number of methoxy groups -OCH3 is 1. The van der Waals surface area contributed by atoms with E-state index in [1.807, 2.05) is 60.0 Å². The molecule has 1 amide bonds. The molecule has 0 unspecified atom stereocenters. The minimum absolute atomic E-state index is 0.297. The van der Waals surface area contributed by atoms with Crippen LogP contribution < -0.4 is 9.54 Å². The van der Waals surface area contributed by atoms with E-state index in [4.69, 9.17) is 9.47 Å². The quantitative estimate of drug-likeness (QED) is 0.460. The second-order valence-corrected chi connectivity index (χ2v) is 6.74. The summed E-state index contributed by atoms with van der Waals surface area (Å²) in [5, 5.41) is 0. The third-order valence-corrected chi connectivity index (χ3v) is 5.01. The van der Waals surface area contributed by atoms with Gasteiger partial charge in [-0.3, -0.25) is 4.79 Å². The van der Waals surface area contributed by atoms with E-state index in [-0.39, 0.29) is 5.91 Å². The molecule has 0 N–H and O–H groups in total. The van der Waals surface area contributed by atoms with Crippen LogP contribution in [0.25, 0.3) is 16.3 Å². The van der Waals surface area contributed by atoms with Gasteiger partial charge in [-0.15, -0.1) is 0 Å². The smallest absolute Gasteiger partial charge is 0.272 e. The number of fused-ring (bicyclic) bond motifs is 1. The Kier molecular flexibility index (Phi) is 6.57. The molecule has 2 aromatic carbocycles. The molecule has 5 nitrogen and oxygen atoms in total. The number of amides is 1. The van der Waals surface area contributed by atoms with Gasteiger partial charge >= 0.3 is 0 Å². The zero-order valence-electron chi connectivity index (χ0n) is 15.4. The lowest BCUT2D eigenvalue weighted by Gasteiger charge is -2.08. The topological polar surface area (TPSA) is 52.8 Å². The van der Waals surface area contributed by atoms with E-state index in [1.165, 1.54) is 17.4 Å². The highest BCUT2D eigenvalue weighted by molar-refractivity contribution is 7.16. The Bertz CT molecular complexity index is 1000. The molecule has 0 aliphatic rings. The van der Waals surface area contributed by atoms with Gasteiger partial charge in [-0.05, 0) is 30.7 Å². The first kappa shape index (κ1) is 19.1. The molecule has 0 atom stereocenters. The molecule has 1 heterocycles. The fourth-order valence-electron chi connectivity index (χ4n) is 2.72. The average Bonchev–Trinajstić information content (AvgIpc) is 3.04. The lowest BCUT2D eigenvalue weighted by Crippen LogP contribution is -2.19. The Labute approximate surface area is 162 Å². The number of rotatable bonds is 7. The fraction of sp³-hybridized carbons (Fsp3) is 0.238. The van der Waals surface area contributed by atoms with Crippen molar-refractivity contribution in [2.24, 2.45) is 4.99 Å². The van der Waals surface area contributed by atoms with Crippen LogP contribution >= 0.6 is 11.3 Å². The molecular formula is C21H22N2O3S. The lowest BCUT2D eigenvalue weighted by atomic mass is 10.2. The molecule has 0 saturated carbocycles. The molecule has 3 aromatic rings. The van der Waals surface area contributed by atoms with Gasteiger partial charge in [0.25, 0.3) is 5.91 Å². The summed E-state index contributed by atoms with van der Waals surface area (Å²) in [5.74, 6) is 0.462. The first-order valence-corrected chi connectivity index (χ1v) is 9.60.